The zero-order chi connectivity index (χ0) is 16.2. The third-order valence-corrected chi connectivity index (χ3v) is 4.01. The van der Waals surface area contributed by atoms with Crippen molar-refractivity contribution < 1.29 is 4.79 Å². The average molecular weight is 348 g/mol. The third kappa shape index (κ3) is 3.84. The molecule has 23 heavy (non-hydrogen) atoms. The minimum absolute atomic E-state index is 0.170. The summed E-state index contributed by atoms with van der Waals surface area (Å²) in [7, 11) is 0. The first-order valence-corrected chi connectivity index (χ1v) is 7.99. The summed E-state index contributed by atoms with van der Waals surface area (Å²) in [6, 6.07) is 14.6. The summed E-state index contributed by atoms with van der Waals surface area (Å²) in [5, 5.41) is 4.20. The number of nitrogens with one attached hydrogen (secondary N) is 1. The highest BCUT2D eigenvalue weighted by atomic mass is 35.5. The van der Waals surface area contributed by atoms with E-state index < -0.39 is 0 Å². The van der Waals surface area contributed by atoms with E-state index in [1.807, 2.05) is 30.3 Å². The largest absolute Gasteiger partial charge is 0.334 e. The monoisotopic (exact) mass is 347 g/mol. The lowest BCUT2D eigenvalue weighted by Gasteiger charge is -2.19. The fourth-order valence-corrected chi connectivity index (χ4v) is 2.71. The number of amides is 2. The van der Waals surface area contributed by atoms with Gasteiger partial charge in [-0.15, -0.1) is 0 Å². The lowest BCUT2D eigenvalue weighted by atomic mass is 10.2. The number of hydrogen-bond donors (Lipinski definition) is 1. The summed E-state index contributed by atoms with van der Waals surface area (Å²) in [5.74, 6) is 0.654. The summed E-state index contributed by atoms with van der Waals surface area (Å²) in [6.07, 6.45) is 0. The van der Waals surface area contributed by atoms with Crippen molar-refractivity contribution in [2.75, 3.05) is 13.1 Å². The van der Waals surface area contributed by atoms with E-state index in [4.69, 9.17) is 23.2 Å². The van der Waals surface area contributed by atoms with Crippen LogP contribution in [-0.4, -0.2) is 29.9 Å². The molecule has 0 bridgehead atoms. The Hall–Kier alpha value is -2.04. The molecular weight excluding hydrogens is 333 g/mol. The highest BCUT2D eigenvalue weighted by Crippen LogP contribution is 2.16. The Morgan fingerprint density at radius 3 is 2.65 bits per heavy atom. The van der Waals surface area contributed by atoms with Crippen molar-refractivity contribution in [3.8, 4) is 0 Å². The molecule has 0 saturated heterocycles. The molecule has 1 aliphatic heterocycles. The SMILES string of the molecule is O=C(NCc1ccc(Cl)cc1)N1CCN=C1c1cccc(Cl)c1. The standard InChI is InChI=1S/C17H15Cl2N3O/c18-14-6-4-12(5-7-14)11-21-17(23)22-9-8-20-16(22)13-2-1-3-15(19)10-13/h1-7,10H,8-9,11H2,(H,21,23). The minimum atomic E-state index is -0.170. The topological polar surface area (TPSA) is 44.7 Å². The number of carbonyl (C=O) groups is 1. The number of aliphatic imine (C=N–C) groups is 1. The Bertz CT molecular complexity index is 744. The molecule has 0 radical (unpaired) electrons. The molecule has 0 saturated carbocycles. The molecule has 2 aromatic carbocycles. The van der Waals surface area contributed by atoms with Crippen molar-refractivity contribution in [3.05, 3.63) is 69.7 Å². The lowest BCUT2D eigenvalue weighted by Crippen LogP contribution is -2.42. The number of halogens is 2. The number of amidine groups is 1. The predicted octanol–water partition coefficient (Wildman–Crippen LogP) is 3.97. The second-order valence-electron chi connectivity index (χ2n) is 5.15. The average Bonchev–Trinajstić information content (AvgIpc) is 3.04. The summed E-state index contributed by atoms with van der Waals surface area (Å²) in [6.45, 7) is 1.60. The molecule has 4 nitrogen and oxygen atoms in total. The normalized spacial score (nSPS) is 13.8. The van der Waals surface area contributed by atoms with Gasteiger partial charge < -0.3 is 5.32 Å². The Morgan fingerprint density at radius 2 is 1.91 bits per heavy atom. The summed E-state index contributed by atoms with van der Waals surface area (Å²) >= 11 is 11.9. The highest BCUT2D eigenvalue weighted by Gasteiger charge is 2.24. The second kappa shape index (κ2) is 7.02. The molecule has 1 N–H and O–H groups in total. The molecule has 2 aromatic rings. The van der Waals surface area contributed by atoms with Crippen molar-refractivity contribution in [2.45, 2.75) is 6.54 Å². The maximum absolute atomic E-state index is 12.4. The Labute approximate surface area is 144 Å². The number of nitrogens with zero attached hydrogens (tertiary/aromatic N) is 2. The number of hydrogen-bond acceptors (Lipinski definition) is 2. The van der Waals surface area contributed by atoms with Gasteiger partial charge in [0.15, 0.2) is 0 Å². The lowest BCUT2D eigenvalue weighted by molar-refractivity contribution is 0.223. The molecule has 0 atom stereocenters. The molecule has 0 unspecified atom stereocenters. The van der Waals surface area contributed by atoms with Crippen LogP contribution < -0.4 is 5.32 Å². The van der Waals surface area contributed by atoms with Gasteiger partial charge in [0, 0.05) is 28.7 Å². The zero-order valence-corrected chi connectivity index (χ0v) is 13.8. The van der Waals surface area contributed by atoms with Gasteiger partial charge in [-0.3, -0.25) is 9.89 Å². The third-order valence-electron chi connectivity index (χ3n) is 3.53. The molecule has 3 rings (SSSR count). The number of rotatable bonds is 3. The zero-order valence-electron chi connectivity index (χ0n) is 12.3. The van der Waals surface area contributed by atoms with Crippen LogP contribution in [0.3, 0.4) is 0 Å². The number of benzene rings is 2. The molecule has 1 aliphatic rings. The molecule has 0 aliphatic carbocycles. The van der Waals surface area contributed by atoms with Crippen molar-refractivity contribution in [3.63, 3.8) is 0 Å². The van der Waals surface area contributed by atoms with Gasteiger partial charge in [-0.2, -0.15) is 0 Å². The molecule has 6 heteroatoms. The van der Waals surface area contributed by atoms with E-state index in [9.17, 15) is 4.79 Å². The minimum Gasteiger partial charge on any atom is -0.334 e. The smallest absolute Gasteiger partial charge is 0.323 e. The van der Waals surface area contributed by atoms with Gasteiger partial charge in [0.1, 0.15) is 5.84 Å². The van der Waals surface area contributed by atoms with E-state index in [0.29, 0.717) is 35.5 Å². The molecule has 0 aromatic heterocycles. The van der Waals surface area contributed by atoms with E-state index >= 15 is 0 Å². The van der Waals surface area contributed by atoms with Crippen molar-refractivity contribution in [1.29, 1.82) is 0 Å². The van der Waals surface area contributed by atoms with Gasteiger partial charge in [-0.25, -0.2) is 4.79 Å². The van der Waals surface area contributed by atoms with Crippen LogP contribution in [0.25, 0.3) is 0 Å². The summed E-state index contributed by atoms with van der Waals surface area (Å²) in [5.41, 5.74) is 1.83. The Balaban J connectivity index is 1.67. The fourth-order valence-electron chi connectivity index (χ4n) is 2.39. The van der Waals surface area contributed by atoms with Gasteiger partial charge in [0.05, 0.1) is 6.54 Å². The second-order valence-corrected chi connectivity index (χ2v) is 6.03. The molecule has 0 spiro atoms. The van der Waals surface area contributed by atoms with Gasteiger partial charge in [0.25, 0.3) is 0 Å². The van der Waals surface area contributed by atoms with Crippen LogP contribution in [0.5, 0.6) is 0 Å². The van der Waals surface area contributed by atoms with Crippen molar-refractivity contribution >= 4 is 35.1 Å². The van der Waals surface area contributed by atoms with E-state index in [1.54, 1.807) is 23.1 Å². The van der Waals surface area contributed by atoms with Gasteiger partial charge in [-0.1, -0.05) is 47.5 Å². The Kier molecular flexibility index (Phi) is 4.84. The van der Waals surface area contributed by atoms with Crippen LogP contribution in [0.15, 0.2) is 53.5 Å². The number of carbonyl (C=O) groups excluding carboxylic acids is 1. The fraction of sp³-hybridized carbons (Fsp3) is 0.176. The van der Waals surface area contributed by atoms with E-state index in [1.165, 1.54) is 0 Å². The van der Waals surface area contributed by atoms with Crippen molar-refractivity contribution in [1.82, 2.24) is 10.2 Å². The van der Waals surface area contributed by atoms with Crippen LogP contribution in [0, 0.1) is 0 Å². The maximum atomic E-state index is 12.4. The van der Waals surface area contributed by atoms with Gasteiger partial charge in [-0.05, 0) is 29.8 Å². The predicted molar refractivity (Wildman–Crippen MR) is 93.2 cm³/mol. The molecule has 1 heterocycles. The summed E-state index contributed by atoms with van der Waals surface area (Å²) in [4.78, 5) is 18.5. The van der Waals surface area contributed by atoms with E-state index in [2.05, 4.69) is 10.3 Å². The van der Waals surface area contributed by atoms with E-state index in [-0.39, 0.29) is 6.03 Å². The molecule has 0 fully saturated rings. The van der Waals surface area contributed by atoms with E-state index in [0.717, 1.165) is 11.1 Å². The molecule has 2 amide bonds. The van der Waals surface area contributed by atoms with Crippen LogP contribution in [0.1, 0.15) is 11.1 Å². The highest BCUT2D eigenvalue weighted by molar-refractivity contribution is 6.31. The first-order valence-electron chi connectivity index (χ1n) is 7.24. The number of urea groups is 1. The van der Waals surface area contributed by atoms with Crippen LogP contribution in [-0.2, 0) is 6.54 Å². The van der Waals surface area contributed by atoms with Crippen LogP contribution in [0.4, 0.5) is 4.79 Å². The first-order chi connectivity index (χ1) is 11.1. The van der Waals surface area contributed by atoms with Gasteiger partial charge in [0.2, 0.25) is 0 Å². The van der Waals surface area contributed by atoms with Crippen LogP contribution in [0.2, 0.25) is 10.0 Å². The van der Waals surface area contributed by atoms with Crippen LogP contribution >= 0.6 is 23.2 Å². The van der Waals surface area contributed by atoms with Crippen molar-refractivity contribution in [2.24, 2.45) is 4.99 Å². The summed E-state index contributed by atoms with van der Waals surface area (Å²) < 4.78 is 0. The van der Waals surface area contributed by atoms with Gasteiger partial charge >= 0.3 is 6.03 Å². The molecule has 118 valence electrons. The Morgan fingerprint density at radius 1 is 1.13 bits per heavy atom. The maximum Gasteiger partial charge on any atom is 0.323 e. The first kappa shape index (κ1) is 15.8. The quantitative estimate of drug-likeness (QED) is 0.896. The molecular formula is C17H15Cl2N3O.